The van der Waals surface area contributed by atoms with Crippen LogP contribution in [-0.2, 0) is 12.8 Å². The van der Waals surface area contributed by atoms with Gasteiger partial charge in [0.2, 0.25) is 5.38 Å². The minimum atomic E-state index is -4.94. The molecular formula is C8H13ClO4S2. The number of rotatable bonds is 3. The van der Waals surface area contributed by atoms with Crippen LogP contribution in [0, 0.1) is 10.2 Å². The Labute approximate surface area is 98.6 Å². The van der Waals surface area contributed by atoms with E-state index < -0.39 is 10.2 Å². The van der Waals surface area contributed by atoms with Crippen molar-refractivity contribution in [2.45, 2.75) is 33.1 Å². The van der Waals surface area contributed by atoms with Crippen LogP contribution in [0.4, 0.5) is 0 Å². The number of halogens is 1. The zero-order valence-electron chi connectivity index (χ0n) is 8.53. The molecule has 88 valence electrons. The average molecular weight is 273 g/mol. The molecule has 0 aliphatic rings. The Morgan fingerprint density at radius 3 is 2.20 bits per heavy atom. The number of aryl methyl sites for hydroxylation is 2. The molecule has 0 aromatic carbocycles. The average Bonchev–Trinajstić information content (AvgIpc) is 2.49. The fraction of sp³-hybridized carbons (Fsp3) is 0.625. The minimum Gasteiger partial charge on any atom is -0.222 e. The molecule has 0 N–H and O–H groups in total. The molecule has 7 heteroatoms. The van der Waals surface area contributed by atoms with Gasteiger partial charge in [0.1, 0.15) is 0 Å². The second kappa shape index (κ2) is 7.45. The van der Waals surface area contributed by atoms with Crippen LogP contribution in [0.25, 0.3) is 0 Å². The van der Waals surface area contributed by atoms with Gasteiger partial charge in [0.05, 0.1) is 4.88 Å². The summed E-state index contributed by atoms with van der Waals surface area (Å²) in [6, 6.07) is 0. The molecule has 0 atom stereocenters. The highest BCUT2D eigenvalue weighted by Gasteiger charge is 2.09. The standard InChI is InChI=1S/C8H13S2.ClHO4/c1-3-5-8-7(4-2)6-9-10-8;2-1(3,4)5/h6H,3-5H2,1-2H3;(H,2,3,4,5)/q+1;/p-1. The zero-order chi connectivity index (χ0) is 11.9. The molecule has 0 aliphatic carbocycles. The van der Waals surface area contributed by atoms with E-state index in [1.54, 1.807) is 10.4 Å². The highest BCUT2D eigenvalue weighted by molar-refractivity contribution is 7.68. The summed E-state index contributed by atoms with van der Waals surface area (Å²) in [4.78, 5) is 1.61. The van der Waals surface area contributed by atoms with Crippen LogP contribution in [-0.4, -0.2) is 0 Å². The lowest BCUT2D eigenvalue weighted by molar-refractivity contribution is -2.00. The summed E-state index contributed by atoms with van der Waals surface area (Å²) in [7, 11) is -1.13. The maximum Gasteiger partial charge on any atom is 0.292 e. The molecule has 1 heterocycles. The summed E-state index contributed by atoms with van der Waals surface area (Å²) in [6.45, 7) is 4.47. The second-order valence-electron chi connectivity index (χ2n) is 2.73. The molecular weight excluding hydrogens is 260 g/mol. The summed E-state index contributed by atoms with van der Waals surface area (Å²) in [5.41, 5.74) is 1.57. The Balaban J connectivity index is 0.000000336. The smallest absolute Gasteiger partial charge is 0.222 e. The van der Waals surface area contributed by atoms with Crippen molar-refractivity contribution in [2.75, 3.05) is 0 Å². The zero-order valence-corrected chi connectivity index (χ0v) is 10.9. The van der Waals surface area contributed by atoms with Crippen molar-refractivity contribution in [1.29, 1.82) is 0 Å². The van der Waals surface area contributed by atoms with Crippen LogP contribution < -0.4 is 18.6 Å². The third kappa shape index (κ3) is 9.13. The summed E-state index contributed by atoms with van der Waals surface area (Å²) in [6.07, 6.45) is 3.76. The van der Waals surface area contributed by atoms with Crippen molar-refractivity contribution in [3.8, 4) is 0 Å². The highest BCUT2D eigenvalue weighted by Crippen LogP contribution is 2.23. The van der Waals surface area contributed by atoms with Crippen molar-refractivity contribution < 1.29 is 28.9 Å². The predicted molar refractivity (Wildman–Crippen MR) is 50.0 cm³/mol. The van der Waals surface area contributed by atoms with E-state index in [1.165, 1.54) is 19.3 Å². The van der Waals surface area contributed by atoms with Crippen LogP contribution in [0.2, 0.25) is 0 Å². The molecule has 0 unspecified atom stereocenters. The lowest BCUT2D eigenvalue weighted by Crippen LogP contribution is -2.68. The Hall–Kier alpha value is 0.180. The minimum absolute atomic E-state index is 1.20. The molecule has 1 rings (SSSR count). The van der Waals surface area contributed by atoms with Crippen molar-refractivity contribution in [2.24, 2.45) is 0 Å². The second-order valence-corrected chi connectivity index (χ2v) is 5.65. The predicted octanol–water partition coefficient (Wildman–Crippen LogP) is -1.15. The largest absolute Gasteiger partial charge is 0.292 e. The molecule has 0 saturated heterocycles. The van der Waals surface area contributed by atoms with Crippen LogP contribution in [0.15, 0.2) is 5.38 Å². The molecule has 4 nitrogen and oxygen atoms in total. The summed E-state index contributed by atoms with van der Waals surface area (Å²) >= 11 is 0. The molecule has 0 aliphatic heterocycles. The molecule has 0 amide bonds. The van der Waals surface area contributed by atoms with E-state index >= 15 is 0 Å². The van der Waals surface area contributed by atoms with E-state index in [0.29, 0.717) is 0 Å². The Morgan fingerprint density at radius 1 is 1.27 bits per heavy atom. The number of hydrogen-bond donors (Lipinski definition) is 0. The van der Waals surface area contributed by atoms with Gasteiger partial charge in [-0.3, -0.25) is 0 Å². The molecule has 0 saturated carbocycles. The van der Waals surface area contributed by atoms with Crippen molar-refractivity contribution in [3.05, 3.63) is 15.8 Å². The molecule has 15 heavy (non-hydrogen) atoms. The fourth-order valence-corrected chi connectivity index (χ4v) is 3.64. The van der Waals surface area contributed by atoms with E-state index in [2.05, 4.69) is 19.2 Å². The quantitative estimate of drug-likeness (QED) is 0.513. The maximum atomic E-state index is 8.49. The Bertz CT molecular complexity index is 266. The van der Waals surface area contributed by atoms with Gasteiger partial charge in [-0.15, -0.1) is 10.2 Å². The van der Waals surface area contributed by atoms with Crippen molar-refractivity contribution in [3.63, 3.8) is 0 Å². The maximum absolute atomic E-state index is 8.49. The fourth-order valence-electron chi connectivity index (χ4n) is 0.969. The summed E-state index contributed by atoms with van der Waals surface area (Å²) in [5, 5.41) is 2.29. The van der Waals surface area contributed by atoms with Crippen molar-refractivity contribution >= 4 is 20.7 Å². The van der Waals surface area contributed by atoms with E-state index in [0.717, 1.165) is 0 Å². The Kier molecular flexibility index (Phi) is 7.54. The molecule has 0 radical (unpaired) electrons. The first kappa shape index (κ1) is 15.2. The molecule has 1 aromatic rings. The Morgan fingerprint density at radius 2 is 1.80 bits per heavy atom. The van der Waals surface area contributed by atoms with Gasteiger partial charge < -0.3 is 0 Å². The third-order valence-corrected chi connectivity index (χ3v) is 3.88. The molecule has 0 spiro atoms. The van der Waals surface area contributed by atoms with Crippen molar-refractivity contribution in [1.82, 2.24) is 0 Å². The third-order valence-electron chi connectivity index (χ3n) is 1.56. The van der Waals surface area contributed by atoms with E-state index in [-0.39, 0.29) is 0 Å². The van der Waals surface area contributed by atoms with E-state index in [4.69, 9.17) is 18.6 Å². The first-order valence-corrected chi connectivity index (χ1v) is 7.83. The first-order chi connectivity index (χ1) is 6.88. The molecule has 0 bridgehead atoms. The SMILES string of the molecule is CCCc1s[s+]cc1CC.[O-][Cl+3]([O-])([O-])[O-]. The van der Waals surface area contributed by atoms with Crippen LogP contribution in [0.1, 0.15) is 30.7 Å². The summed E-state index contributed by atoms with van der Waals surface area (Å²) < 4.78 is 34.0. The van der Waals surface area contributed by atoms with Gasteiger partial charge in [-0.2, -0.15) is 0 Å². The molecule has 1 aromatic heterocycles. The van der Waals surface area contributed by atoms with Gasteiger partial charge in [0.25, 0.3) is 10.3 Å². The van der Waals surface area contributed by atoms with Gasteiger partial charge >= 0.3 is 0 Å². The number of hydrogen-bond acceptors (Lipinski definition) is 5. The van der Waals surface area contributed by atoms with E-state index in [1.807, 2.05) is 20.7 Å². The van der Waals surface area contributed by atoms with Gasteiger partial charge in [0.15, 0.2) is 10.3 Å². The first-order valence-electron chi connectivity index (χ1n) is 4.38. The topological polar surface area (TPSA) is 92.2 Å². The highest BCUT2D eigenvalue weighted by atomic mass is 35.7. The van der Waals surface area contributed by atoms with Gasteiger partial charge in [-0.1, -0.05) is 20.3 Å². The molecule has 0 fully saturated rings. The van der Waals surface area contributed by atoms with Crippen LogP contribution in [0.3, 0.4) is 0 Å². The normalized spacial score (nSPS) is 10.8. The monoisotopic (exact) mass is 272 g/mol. The van der Waals surface area contributed by atoms with Crippen LogP contribution in [0.5, 0.6) is 0 Å². The van der Waals surface area contributed by atoms with Gasteiger partial charge in [-0.05, 0) is 12.8 Å². The van der Waals surface area contributed by atoms with Gasteiger partial charge in [-0.25, -0.2) is 18.6 Å². The van der Waals surface area contributed by atoms with E-state index in [9.17, 15) is 0 Å². The summed E-state index contributed by atoms with van der Waals surface area (Å²) in [5.74, 6) is 0. The lowest BCUT2D eigenvalue weighted by atomic mass is 10.2. The van der Waals surface area contributed by atoms with Gasteiger partial charge in [0, 0.05) is 5.56 Å². The lowest BCUT2D eigenvalue weighted by Gasteiger charge is -2.17. The van der Waals surface area contributed by atoms with Crippen LogP contribution >= 0.6 is 20.7 Å².